The predicted molar refractivity (Wildman–Crippen MR) is 70.5 cm³/mol. The number of halogens is 1. The molecule has 6 nitrogen and oxygen atoms in total. The van der Waals surface area contributed by atoms with Gasteiger partial charge in [0.25, 0.3) is 0 Å². The third-order valence-electron chi connectivity index (χ3n) is 3.31. The number of nitrogens with zero attached hydrogens (tertiary/aromatic N) is 1. The third-order valence-corrected chi connectivity index (χ3v) is 3.62. The first-order valence-electron chi connectivity index (χ1n) is 5.91. The lowest BCUT2D eigenvalue weighted by Gasteiger charge is -2.14. The number of nitro benzene ring substituents is 1. The maximum absolute atomic E-state index is 11.0. The molecule has 1 fully saturated rings. The number of carbonyl (C=O) groups is 1. The summed E-state index contributed by atoms with van der Waals surface area (Å²) in [5, 5.41) is 23.0. The first-order chi connectivity index (χ1) is 8.99. The minimum Gasteiger partial charge on any atom is -0.481 e. The quantitative estimate of drug-likeness (QED) is 0.655. The first-order valence-corrected chi connectivity index (χ1v) is 6.29. The number of rotatable bonds is 4. The van der Waals surface area contributed by atoms with E-state index in [1.54, 1.807) is 12.1 Å². The molecule has 0 radical (unpaired) electrons. The predicted octanol–water partition coefficient (Wildman–Crippen LogP) is 2.91. The Balaban J connectivity index is 2.14. The van der Waals surface area contributed by atoms with Crippen molar-refractivity contribution in [3.05, 3.63) is 33.3 Å². The van der Waals surface area contributed by atoms with E-state index in [9.17, 15) is 14.9 Å². The number of hydrogen-bond acceptors (Lipinski definition) is 4. The van der Waals surface area contributed by atoms with Crippen molar-refractivity contribution in [3.63, 3.8) is 0 Å². The molecule has 0 heterocycles. The number of carboxylic acids is 1. The number of carboxylic acid groups (broad SMARTS) is 1. The Morgan fingerprint density at radius 1 is 1.47 bits per heavy atom. The Labute approximate surface area is 114 Å². The van der Waals surface area contributed by atoms with E-state index < -0.39 is 10.9 Å². The van der Waals surface area contributed by atoms with E-state index >= 15 is 0 Å². The molecule has 0 amide bonds. The molecule has 1 aromatic carbocycles. The first kappa shape index (κ1) is 13.6. The van der Waals surface area contributed by atoms with Gasteiger partial charge < -0.3 is 10.4 Å². The Hall–Kier alpha value is -1.82. The van der Waals surface area contributed by atoms with Gasteiger partial charge in [0.1, 0.15) is 10.7 Å². The van der Waals surface area contributed by atoms with E-state index in [1.165, 1.54) is 6.07 Å². The van der Waals surface area contributed by atoms with Crippen molar-refractivity contribution in [2.24, 2.45) is 5.92 Å². The van der Waals surface area contributed by atoms with Gasteiger partial charge in [-0.05, 0) is 31.4 Å². The van der Waals surface area contributed by atoms with Crippen LogP contribution in [-0.4, -0.2) is 22.0 Å². The number of hydrogen-bond donors (Lipinski definition) is 2. The molecule has 19 heavy (non-hydrogen) atoms. The SMILES string of the molecule is O=C(O)[C@@H]1CC[C@H](Nc2cccc(Cl)c2[N+](=O)[O-])C1. The molecular formula is C12H13ClN2O4. The molecule has 2 rings (SSSR count). The zero-order chi connectivity index (χ0) is 14.0. The molecule has 1 aromatic rings. The molecule has 1 aliphatic carbocycles. The lowest BCUT2D eigenvalue weighted by Crippen LogP contribution is -2.18. The normalized spacial score (nSPS) is 22.2. The molecule has 102 valence electrons. The summed E-state index contributed by atoms with van der Waals surface area (Å²) in [5.74, 6) is -1.19. The van der Waals surface area contributed by atoms with Crippen LogP contribution in [0.2, 0.25) is 5.02 Å². The second-order valence-corrected chi connectivity index (χ2v) is 4.99. The van der Waals surface area contributed by atoms with Crippen LogP contribution in [0.25, 0.3) is 0 Å². The van der Waals surface area contributed by atoms with E-state index in [2.05, 4.69) is 5.32 Å². The minimum absolute atomic E-state index is 0.0710. The van der Waals surface area contributed by atoms with Crippen LogP contribution in [0.3, 0.4) is 0 Å². The Morgan fingerprint density at radius 3 is 2.79 bits per heavy atom. The second-order valence-electron chi connectivity index (χ2n) is 4.58. The molecule has 0 aliphatic heterocycles. The molecule has 2 atom stereocenters. The number of aliphatic carboxylic acids is 1. The lowest BCUT2D eigenvalue weighted by atomic mass is 10.1. The van der Waals surface area contributed by atoms with E-state index in [4.69, 9.17) is 16.7 Å². The van der Waals surface area contributed by atoms with Crippen LogP contribution in [0.15, 0.2) is 18.2 Å². The molecule has 0 bridgehead atoms. The van der Waals surface area contributed by atoms with Gasteiger partial charge in [-0.3, -0.25) is 14.9 Å². The summed E-state index contributed by atoms with van der Waals surface area (Å²) in [6.07, 6.45) is 1.74. The molecule has 1 aliphatic rings. The summed E-state index contributed by atoms with van der Waals surface area (Å²) >= 11 is 5.81. The zero-order valence-corrected chi connectivity index (χ0v) is 10.8. The topological polar surface area (TPSA) is 92.5 Å². The van der Waals surface area contributed by atoms with Crippen LogP contribution in [0, 0.1) is 16.0 Å². The van der Waals surface area contributed by atoms with Gasteiger partial charge in [-0.1, -0.05) is 17.7 Å². The summed E-state index contributed by atoms with van der Waals surface area (Å²) < 4.78 is 0. The molecule has 0 unspecified atom stereocenters. The fourth-order valence-electron chi connectivity index (χ4n) is 2.37. The van der Waals surface area contributed by atoms with Crippen molar-refractivity contribution in [2.45, 2.75) is 25.3 Å². The van der Waals surface area contributed by atoms with E-state index in [0.29, 0.717) is 24.9 Å². The van der Waals surface area contributed by atoms with Crippen molar-refractivity contribution in [2.75, 3.05) is 5.32 Å². The maximum Gasteiger partial charge on any atom is 0.310 e. The van der Waals surface area contributed by atoms with Crippen LogP contribution in [0.5, 0.6) is 0 Å². The van der Waals surface area contributed by atoms with Crippen LogP contribution in [-0.2, 0) is 4.79 Å². The van der Waals surface area contributed by atoms with Crippen molar-refractivity contribution in [3.8, 4) is 0 Å². The van der Waals surface area contributed by atoms with Gasteiger partial charge in [0, 0.05) is 6.04 Å². The van der Waals surface area contributed by atoms with Crippen LogP contribution < -0.4 is 5.32 Å². The molecule has 0 aromatic heterocycles. The summed E-state index contributed by atoms with van der Waals surface area (Å²) in [7, 11) is 0. The Morgan fingerprint density at radius 2 is 2.21 bits per heavy atom. The van der Waals surface area contributed by atoms with Gasteiger partial charge in [0.2, 0.25) is 0 Å². The van der Waals surface area contributed by atoms with E-state index in [-0.39, 0.29) is 22.7 Å². The van der Waals surface area contributed by atoms with Gasteiger partial charge in [-0.15, -0.1) is 0 Å². The number of anilines is 1. The van der Waals surface area contributed by atoms with Crippen molar-refractivity contribution >= 4 is 28.9 Å². The lowest BCUT2D eigenvalue weighted by molar-refractivity contribution is -0.383. The average Bonchev–Trinajstić information content (AvgIpc) is 2.77. The largest absolute Gasteiger partial charge is 0.481 e. The Bertz CT molecular complexity index is 520. The molecule has 2 N–H and O–H groups in total. The summed E-state index contributed by atoms with van der Waals surface area (Å²) in [6.45, 7) is 0. The highest BCUT2D eigenvalue weighted by Crippen LogP contribution is 2.35. The van der Waals surface area contributed by atoms with Gasteiger partial charge in [0.15, 0.2) is 0 Å². The highest BCUT2D eigenvalue weighted by molar-refractivity contribution is 6.33. The molecule has 0 spiro atoms. The maximum atomic E-state index is 11.0. The number of nitrogens with one attached hydrogen (secondary N) is 1. The summed E-state index contributed by atoms with van der Waals surface area (Å²) in [6, 6.07) is 4.59. The third kappa shape index (κ3) is 2.96. The molecule has 1 saturated carbocycles. The smallest absolute Gasteiger partial charge is 0.310 e. The number of benzene rings is 1. The van der Waals surface area contributed by atoms with Gasteiger partial charge in [-0.25, -0.2) is 0 Å². The molecule has 0 saturated heterocycles. The minimum atomic E-state index is -0.815. The van der Waals surface area contributed by atoms with Crippen LogP contribution >= 0.6 is 11.6 Å². The fraction of sp³-hybridized carbons (Fsp3) is 0.417. The van der Waals surface area contributed by atoms with E-state index in [1.807, 2.05) is 0 Å². The van der Waals surface area contributed by atoms with Crippen molar-refractivity contribution in [1.29, 1.82) is 0 Å². The molecular weight excluding hydrogens is 272 g/mol. The summed E-state index contributed by atoms with van der Waals surface area (Å²) in [4.78, 5) is 21.3. The highest BCUT2D eigenvalue weighted by Gasteiger charge is 2.31. The highest BCUT2D eigenvalue weighted by atomic mass is 35.5. The fourth-order valence-corrected chi connectivity index (χ4v) is 2.62. The van der Waals surface area contributed by atoms with Gasteiger partial charge >= 0.3 is 11.7 Å². The van der Waals surface area contributed by atoms with E-state index in [0.717, 1.165) is 0 Å². The standard InChI is InChI=1S/C12H13ClN2O4/c13-9-2-1-3-10(11(9)15(18)19)14-8-5-4-7(6-8)12(16)17/h1-3,7-8,14H,4-6H2,(H,16,17)/t7-,8+/m1/s1. The van der Waals surface area contributed by atoms with Crippen LogP contribution in [0.4, 0.5) is 11.4 Å². The molecule has 7 heteroatoms. The van der Waals surface area contributed by atoms with Crippen molar-refractivity contribution < 1.29 is 14.8 Å². The van der Waals surface area contributed by atoms with Crippen molar-refractivity contribution in [1.82, 2.24) is 0 Å². The number of nitro groups is 1. The average molecular weight is 285 g/mol. The van der Waals surface area contributed by atoms with Gasteiger partial charge in [-0.2, -0.15) is 0 Å². The second kappa shape index (κ2) is 5.44. The van der Waals surface area contributed by atoms with Gasteiger partial charge in [0.05, 0.1) is 10.8 Å². The number of para-hydroxylation sites is 1. The Kier molecular flexibility index (Phi) is 3.90. The zero-order valence-electron chi connectivity index (χ0n) is 10.0. The van der Waals surface area contributed by atoms with Crippen LogP contribution in [0.1, 0.15) is 19.3 Å². The summed E-state index contributed by atoms with van der Waals surface area (Å²) in [5.41, 5.74) is 0.177. The monoisotopic (exact) mass is 284 g/mol.